The molecule has 0 heterocycles. The summed E-state index contributed by atoms with van der Waals surface area (Å²) in [6.45, 7) is 5.41. The summed E-state index contributed by atoms with van der Waals surface area (Å²) in [7, 11) is 0. The summed E-state index contributed by atoms with van der Waals surface area (Å²) in [5.74, 6) is 0. The first kappa shape index (κ1) is 13.1. The summed E-state index contributed by atoms with van der Waals surface area (Å²) in [4.78, 5) is 0. The molecule has 2 nitrogen and oxygen atoms in total. The third-order valence-corrected chi connectivity index (χ3v) is 3.69. The second kappa shape index (κ2) is 6.53. The first-order valence-corrected chi connectivity index (χ1v) is 7.24. The van der Waals surface area contributed by atoms with Crippen LogP contribution in [-0.2, 0) is 6.42 Å². The predicted molar refractivity (Wildman–Crippen MR) is 76.5 cm³/mol. The van der Waals surface area contributed by atoms with Crippen molar-refractivity contribution in [3.05, 3.63) is 33.8 Å². The maximum absolute atomic E-state index is 3.52. The van der Waals surface area contributed by atoms with Crippen molar-refractivity contribution in [1.29, 1.82) is 0 Å². The van der Waals surface area contributed by atoms with E-state index in [2.05, 4.69) is 51.7 Å². The SMILES string of the molecule is Cc1ccc(Br)cc1CCNCCNC1CC1. The van der Waals surface area contributed by atoms with Crippen LogP contribution in [0.4, 0.5) is 0 Å². The van der Waals surface area contributed by atoms with Crippen molar-refractivity contribution in [3.63, 3.8) is 0 Å². The Morgan fingerprint density at radius 2 is 2.06 bits per heavy atom. The molecular weight excluding hydrogens is 276 g/mol. The van der Waals surface area contributed by atoms with Gasteiger partial charge in [-0.05, 0) is 56.0 Å². The van der Waals surface area contributed by atoms with Gasteiger partial charge in [0, 0.05) is 23.6 Å². The molecule has 3 heteroatoms. The summed E-state index contributed by atoms with van der Waals surface area (Å²) >= 11 is 3.52. The molecule has 0 atom stereocenters. The molecule has 0 saturated heterocycles. The van der Waals surface area contributed by atoms with E-state index in [1.807, 2.05) is 0 Å². The molecule has 1 aliphatic carbocycles. The van der Waals surface area contributed by atoms with Crippen LogP contribution in [-0.4, -0.2) is 25.7 Å². The molecule has 1 fully saturated rings. The van der Waals surface area contributed by atoms with Gasteiger partial charge in [0.1, 0.15) is 0 Å². The minimum Gasteiger partial charge on any atom is -0.315 e. The zero-order valence-electron chi connectivity index (χ0n) is 10.4. The van der Waals surface area contributed by atoms with E-state index in [-0.39, 0.29) is 0 Å². The largest absolute Gasteiger partial charge is 0.315 e. The van der Waals surface area contributed by atoms with E-state index < -0.39 is 0 Å². The highest BCUT2D eigenvalue weighted by atomic mass is 79.9. The van der Waals surface area contributed by atoms with Crippen molar-refractivity contribution in [2.75, 3.05) is 19.6 Å². The van der Waals surface area contributed by atoms with Gasteiger partial charge in [-0.1, -0.05) is 22.0 Å². The summed E-state index contributed by atoms with van der Waals surface area (Å²) in [5, 5.41) is 6.99. The number of aryl methyl sites for hydroxylation is 1. The van der Waals surface area contributed by atoms with E-state index in [9.17, 15) is 0 Å². The Labute approximate surface area is 112 Å². The molecule has 1 saturated carbocycles. The van der Waals surface area contributed by atoms with Crippen LogP contribution in [0.1, 0.15) is 24.0 Å². The van der Waals surface area contributed by atoms with Crippen molar-refractivity contribution in [1.82, 2.24) is 10.6 Å². The molecule has 2 N–H and O–H groups in total. The second-order valence-electron chi connectivity index (χ2n) is 4.80. The van der Waals surface area contributed by atoms with Crippen LogP contribution < -0.4 is 10.6 Å². The average molecular weight is 297 g/mol. The fraction of sp³-hybridized carbons (Fsp3) is 0.571. The number of rotatable bonds is 7. The third kappa shape index (κ3) is 4.78. The van der Waals surface area contributed by atoms with Crippen molar-refractivity contribution in [2.24, 2.45) is 0 Å². The van der Waals surface area contributed by atoms with E-state index in [4.69, 9.17) is 0 Å². The third-order valence-electron chi connectivity index (χ3n) is 3.19. The summed E-state index contributed by atoms with van der Waals surface area (Å²) in [6.07, 6.45) is 3.85. The highest BCUT2D eigenvalue weighted by molar-refractivity contribution is 9.10. The Morgan fingerprint density at radius 1 is 1.24 bits per heavy atom. The highest BCUT2D eigenvalue weighted by Gasteiger charge is 2.19. The van der Waals surface area contributed by atoms with Crippen LogP contribution in [0.5, 0.6) is 0 Å². The van der Waals surface area contributed by atoms with Crippen LogP contribution in [0, 0.1) is 6.92 Å². The Bertz CT molecular complexity index is 361. The minimum absolute atomic E-state index is 0.823. The van der Waals surface area contributed by atoms with E-state index >= 15 is 0 Å². The quantitative estimate of drug-likeness (QED) is 0.756. The molecule has 1 aliphatic rings. The molecule has 1 aromatic rings. The minimum atomic E-state index is 0.823. The summed E-state index contributed by atoms with van der Waals surface area (Å²) in [6, 6.07) is 7.32. The van der Waals surface area contributed by atoms with Gasteiger partial charge in [-0.3, -0.25) is 0 Å². The van der Waals surface area contributed by atoms with Gasteiger partial charge in [0.25, 0.3) is 0 Å². The predicted octanol–water partition coefficient (Wildman–Crippen LogP) is 2.64. The second-order valence-corrected chi connectivity index (χ2v) is 5.71. The molecule has 1 aromatic carbocycles. The number of benzene rings is 1. The lowest BCUT2D eigenvalue weighted by Crippen LogP contribution is -2.29. The van der Waals surface area contributed by atoms with Crippen LogP contribution in [0.25, 0.3) is 0 Å². The Morgan fingerprint density at radius 3 is 2.82 bits per heavy atom. The van der Waals surface area contributed by atoms with Gasteiger partial charge >= 0.3 is 0 Å². The fourth-order valence-corrected chi connectivity index (χ4v) is 2.32. The van der Waals surface area contributed by atoms with Crippen LogP contribution in [0.3, 0.4) is 0 Å². The maximum Gasteiger partial charge on any atom is 0.0178 e. The maximum atomic E-state index is 3.52. The van der Waals surface area contributed by atoms with E-state index in [1.165, 1.54) is 28.4 Å². The topological polar surface area (TPSA) is 24.1 Å². The molecule has 0 radical (unpaired) electrons. The van der Waals surface area contributed by atoms with Crippen molar-refractivity contribution >= 4 is 15.9 Å². The first-order chi connectivity index (χ1) is 8.25. The lowest BCUT2D eigenvalue weighted by molar-refractivity contribution is 0.608. The van der Waals surface area contributed by atoms with E-state index in [0.717, 1.165) is 32.1 Å². The average Bonchev–Trinajstić information content (AvgIpc) is 3.11. The molecule has 0 unspecified atom stereocenters. The van der Waals surface area contributed by atoms with E-state index in [1.54, 1.807) is 0 Å². The lowest BCUT2D eigenvalue weighted by Gasteiger charge is -2.08. The molecule has 0 spiro atoms. The smallest absolute Gasteiger partial charge is 0.0178 e. The van der Waals surface area contributed by atoms with Crippen LogP contribution >= 0.6 is 15.9 Å². The monoisotopic (exact) mass is 296 g/mol. The molecular formula is C14H21BrN2. The fourth-order valence-electron chi connectivity index (χ4n) is 1.91. The van der Waals surface area contributed by atoms with Gasteiger partial charge in [-0.2, -0.15) is 0 Å². The van der Waals surface area contributed by atoms with Gasteiger partial charge in [0.2, 0.25) is 0 Å². The van der Waals surface area contributed by atoms with Crippen molar-refractivity contribution in [3.8, 4) is 0 Å². The molecule has 0 bridgehead atoms. The molecule has 0 aliphatic heterocycles. The number of hydrogen-bond donors (Lipinski definition) is 2. The summed E-state index contributed by atoms with van der Waals surface area (Å²) < 4.78 is 1.17. The van der Waals surface area contributed by atoms with Gasteiger partial charge in [0.05, 0.1) is 0 Å². The van der Waals surface area contributed by atoms with Gasteiger partial charge < -0.3 is 10.6 Å². The Kier molecular flexibility index (Phi) is 5.01. The van der Waals surface area contributed by atoms with Crippen molar-refractivity contribution in [2.45, 2.75) is 32.2 Å². The number of hydrogen-bond acceptors (Lipinski definition) is 2. The Balaban J connectivity index is 1.61. The molecule has 17 heavy (non-hydrogen) atoms. The van der Waals surface area contributed by atoms with E-state index in [0.29, 0.717) is 0 Å². The zero-order valence-corrected chi connectivity index (χ0v) is 12.0. The van der Waals surface area contributed by atoms with Crippen LogP contribution in [0.2, 0.25) is 0 Å². The van der Waals surface area contributed by atoms with Gasteiger partial charge in [0.15, 0.2) is 0 Å². The zero-order chi connectivity index (χ0) is 12.1. The van der Waals surface area contributed by atoms with Crippen LogP contribution in [0.15, 0.2) is 22.7 Å². The molecule has 0 aromatic heterocycles. The lowest BCUT2D eigenvalue weighted by atomic mass is 10.1. The van der Waals surface area contributed by atoms with Gasteiger partial charge in [-0.15, -0.1) is 0 Å². The standard InChI is InChI=1S/C14H21BrN2/c1-11-2-3-13(15)10-12(11)6-7-16-8-9-17-14-4-5-14/h2-3,10,14,16-17H,4-9H2,1H3. The first-order valence-electron chi connectivity index (χ1n) is 6.45. The molecule has 2 rings (SSSR count). The number of nitrogens with one attached hydrogen (secondary N) is 2. The molecule has 94 valence electrons. The molecule has 0 amide bonds. The number of halogens is 1. The van der Waals surface area contributed by atoms with Gasteiger partial charge in [-0.25, -0.2) is 0 Å². The Hall–Kier alpha value is -0.380. The normalized spacial score (nSPS) is 15.2. The summed E-state index contributed by atoms with van der Waals surface area (Å²) in [5.41, 5.74) is 2.81. The van der Waals surface area contributed by atoms with Crippen molar-refractivity contribution < 1.29 is 0 Å². The highest BCUT2D eigenvalue weighted by Crippen LogP contribution is 2.18.